The van der Waals surface area contributed by atoms with Gasteiger partial charge in [0.25, 0.3) is 0 Å². The van der Waals surface area contributed by atoms with E-state index in [1.165, 1.54) is 0 Å². The van der Waals surface area contributed by atoms with Crippen LogP contribution in [0.1, 0.15) is 17.3 Å². The van der Waals surface area contributed by atoms with Gasteiger partial charge in [0.15, 0.2) is 17.3 Å². The average Bonchev–Trinajstić information content (AvgIpc) is 2.65. The number of hydrogen-bond acceptors (Lipinski definition) is 9. The molecule has 0 saturated heterocycles. The number of hydrogen-bond donors (Lipinski definition) is 1. The number of carbonyl (C=O) groups is 1. The second-order valence-electron chi connectivity index (χ2n) is 6.00. The van der Waals surface area contributed by atoms with Crippen molar-refractivity contribution in [1.82, 2.24) is 4.90 Å². The standard InChI is InChI=1S/C18H20N2O3.ClHO4/c1-12-5-4-6-17-19-10-14(11-20(12)17)18(21)13-7-8-15(22-2)16(9-13)23-3;2-1(3,4)5/h4-9,14H,10-11H2,1-3H3;(H,2,3,4,5). The number of allylic oxidation sites excluding steroid dienone is 3. The van der Waals surface area contributed by atoms with Gasteiger partial charge in [-0.05, 0) is 37.3 Å². The lowest BCUT2D eigenvalue weighted by Crippen LogP contribution is -2.58. The molecule has 0 spiro atoms. The number of nitrogens with zero attached hydrogens (tertiary/aromatic N) is 2. The third-order valence-electron chi connectivity index (χ3n) is 4.20. The zero-order chi connectivity index (χ0) is 20.9. The summed E-state index contributed by atoms with van der Waals surface area (Å²) in [6, 6.07) is 5.28. The minimum atomic E-state index is -4.69. The van der Waals surface area contributed by atoms with Gasteiger partial charge in [-0.15, -0.1) is 0 Å². The van der Waals surface area contributed by atoms with Crippen molar-refractivity contribution < 1.29 is 43.1 Å². The molecule has 1 N–H and O–H groups in total. The number of fused-ring (bicyclic) bond motifs is 1. The van der Waals surface area contributed by atoms with Crippen LogP contribution >= 0.6 is 0 Å². The Hall–Kier alpha value is -2.43. The number of rotatable bonds is 4. The van der Waals surface area contributed by atoms with Gasteiger partial charge in [-0.3, -0.25) is 9.79 Å². The predicted molar refractivity (Wildman–Crippen MR) is 91.5 cm³/mol. The molecule has 28 heavy (non-hydrogen) atoms. The van der Waals surface area contributed by atoms with Crippen LogP contribution in [-0.2, 0) is 0 Å². The van der Waals surface area contributed by atoms with E-state index >= 15 is 0 Å². The molecule has 2 aliphatic rings. The normalized spacial score (nSPS) is 18.2. The van der Waals surface area contributed by atoms with Crippen LogP contribution in [0.5, 0.6) is 11.5 Å². The first-order chi connectivity index (χ1) is 13.1. The second kappa shape index (κ2) is 9.18. The van der Waals surface area contributed by atoms with Gasteiger partial charge in [0.1, 0.15) is 5.84 Å². The molecule has 1 aromatic carbocycles. The van der Waals surface area contributed by atoms with Crippen molar-refractivity contribution in [3.05, 3.63) is 47.7 Å². The zero-order valence-corrected chi connectivity index (χ0v) is 16.4. The fourth-order valence-corrected chi connectivity index (χ4v) is 2.88. The fraction of sp³-hybridized carbons (Fsp3) is 0.333. The monoisotopic (exact) mass is 412 g/mol. The summed E-state index contributed by atoms with van der Waals surface area (Å²) in [7, 11) is -1.55. The minimum Gasteiger partial charge on any atom is -0.493 e. The van der Waals surface area contributed by atoms with Gasteiger partial charge in [0, 0.05) is 17.8 Å². The van der Waals surface area contributed by atoms with Crippen LogP contribution in [0.3, 0.4) is 0 Å². The Balaban J connectivity index is 0.000000500. The highest BCUT2D eigenvalue weighted by Crippen LogP contribution is 2.29. The van der Waals surface area contributed by atoms with Crippen LogP contribution in [0.2, 0.25) is 0 Å². The summed E-state index contributed by atoms with van der Waals surface area (Å²) in [4.78, 5) is 19.5. The number of methoxy groups -OCH3 is 2. The van der Waals surface area contributed by atoms with Crippen molar-refractivity contribution in [3.8, 4) is 11.5 Å². The maximum atomic E-state index is 12.8. The highest BCUT2D eigenvalue weighted by atomic mass is 35.7. The highest BCUT2D eigenvalue weighted by molar-refractivity contribution is 6.01. The third kappa shape index (κ3) is 5.78. The zero-order valence-electron chi connectivity index (χ0n) is 15.6. The Morgan fingerprint density at radius 3 is 2.50 bits per heavy atom. The molecule has 2 aliphatic heterocycles. The van der Waals surface area contributed by atoms with E-state index in [4.69, 9.17) is 28.1 Å². The second-order valence-corrected chi connectivity index (χ2v) is 6.80. The number of carbonyl (C=O) groups excluding carboxylic acids is 1. The average molecular weight is 413 g/mol. The van der Waals surface area contributed by atoms with Gasteiger partial charge in [-0.2, -0.15) is 14.0 Å². The van der Waals surface area contributed by atoms with Crippen molar-refractivity contribution in [2.45, 2.75) is 6.92 Å². The Morgan fingerprint density at radius 1 is 1.25 bits per heavy atom. The number of halogens is 1. The molecule has 3 rings (SSSR count). The molecule has 9 nitrogen and oxygen atoms in total. The van der Waals surface area contributed by atoms with Crippen molar-refractivity contribution in [1.29, 1.82) is 0 Å². The van der Waals surface area contributed by atoms with E-state index < -0.39 is 10.2 Å². The van der Waals surface area contributed by atoms with Crippen LogP contribution in [0.25, 0.3) is 0 Å². The maximum absolute atomic E-state index is 12.8. The van der Waals surface area contributed by atoms with Crippen LogP contribution in [0.15, 0.2) is 47.1 Å². The molecular weight excluding hydrogens is 392 g/mol. The summed E-state index contributed by atoms with van der Waals surface area (Å²) in [5.41, 5.74) is 1.73. The molecule has 1 unspecified atom stereocenters. The molecular formula is C18H21ClN2O7. The number of ketones is 1. The van der Waals surface area contributed by atoms with Crippen molar-refractivity contribution >= 4 is 11.6 Å². The van der Waals surface area contributed by atoms with Crippen molar-refractivity contribution in [3.63, 3.8) is 0 Å². The molecule has 2 heterocycles. The largest absolute Gasteiger partial charge is 0.493 e. The van der Waals surface area contributed by atoms with Gasteiger partial charge >= 0.3 is 0 Å². The first-order valence-electron chi connectivity index (χ1n) is 8.20. The highest BCUT2D eigenvalue weighted by Gasteiger charge is 2.29. The molecule has 152 valence electrons. The number of amidine groups is 1. The lowest BCUT2D eigenvalue weighted by Gasteiger charge is -2.34. The molecule has 0 fully saturated rings. The van der Waals surface area contributed by atoms with Crippen LogP contribution in [0, 0.1) is 16.2 Å². The van der Waals surface area contributed by atoms with E-state index in [1.54, 1.807) is 32.4 Å². The van der Waals surface area contributed by atoms with Crippen LogP contribution < -0.4 is 23.5 Å². The summed E-state index contributed by atoms with van der Waals surface area (Å²) in [6.07, 6.45) is 5.99. The van der Waals surface area contributed by atoms with Crippen LogP contribution in [-0.4, -0.2) is 48.5 Å². The van der Waals surface area contributed by atoms with E-state index in [9.17, 15) is 4.79 Å². The SMILES string of the molecule is COc1ccc(C(=O)C2CN=C3C=CC=C(C)N3C2)cc1OC.[O-][Cl+3]([O-])([O-])O. The van der Waals surface area contributed by atoms with Gasteiger partial charge < -0.3 is 14.4 Å². The van der Waals surface area contributed by atoms with Gasteiger partial charge in [0.2, 0.25) is 0 Å². The van der Waals surface area contributed by atoms with Crippen molar-refractivity contribution in [2.24, 2.45) is 10.9 Å². The summed E-state index contributed by atoms with van der Waals surface area (Å²) < 4.78 is 43.2. The van der Waals surface area contributed by atoms with Gasteiger partial charge in [-0.25, -0.2) is 0 Å². The Labute approximate surface area is 164 Å². The summed E-state index contributed by atoms with van der Waals surface area (Å²) in [5, 5.41) is 0. The Kier molecular flexibility index (Phi) is 7.17. The molecule has 0 bridgehead atoms. The van der Waals surface area contributed by atoms with Crippen molar-refractivity contribution in [2.75, 3.05) is 27.3 Å². The number of ether oxygens (including phenoxy) is 2. The molecule has 1 atom stereocenters. The number of aliphatic imine (C=N–C) groups is 1. The lowest BCUT2D eigenvalue weighted by atomic mass is 9.94. The topological polar surface area (TPSA) is 141 Å². The molecule has 0 saturated carbocycles. The smallest absolute Gasteiger partial charge is 0.169 e. The van der Waals surface area contributed by atoms with E-state index in [0.29, 0.717) is 30.2 Å². The quantitative estimate of drug-likeness (QED) is 0.593. The Morgan fingerprint density at radius 2 is 1.89 bits per heavy atom. The fourth-order valence-electron chi connectivity index (χ4n) is 2.88. The van der Waals surface area contributed by atoms with E-state index in [2.05, 4.69) is 9.89 Å². The van der Waals surface area contributed by atoms with E-state index in [1.807, 2.05) is 25.2 Å². The summed E-state index contributed by atoms with van der Waals surface area (Å²) in [6.45, 7) is 3.19. The summed E-state index contributed by atoms with van der Waals surface area (Å²) >= 11 is 0. The lowest BCUT2D eigenvalue weighted by molar-refractivity contribution is -1.92. The molecule has 10 heteroatoms. The number of Topliss-reactive ketones (excluding diaryl/α,β-unsaturated/α-hetero) is 1. The van der Waals surface area contributed by atoms with E-state index in [0.717, 1.165) is 11.5 Å². The Bertz CT molecular complexity index is 809. The first kappa shape index (κ1) is 21.9. The number of benzene rings is 1. The van der Waals surface area contributed by atoms with E-state index in [-0.39, 0.29) is 11.7 Å². The molecule has 0 aromatic heterocycles. The molecule has 0 amide bonds. The maximum Gasteiger partial charge on any atom is 0.169 e. The third-order valence-corrected chi connectivity index (χ3v) is 4.20. The first-order valence-corrected chi connectivity index (χ1v) is 9.47. The predicted octanol–water partition coefficient (Wildman–Crippen LogP) is -1.43. The van der Waals surface area contributed by atoms with Gasteiger partial charge in [0.05, 0.1) is 41.6 Å². The van der Waals surface area contributed by atoms with Gasteiger partial charge in [-0.1, -0.05) is 6.08 Å². The molecule has 1 aromatic rings. The molecule has 0 radical (unpaired) electrons. The molecule has 0 aliphatic carbocycles. The van der Waals surface area contributed by atoms with Crippen LogP contribution in [0.4, 0.5) is 0 Å². The summed E-state index contributed by atoms with van der Waals surface area (Å²) in [5.74, 6) is 2.03. The minimum absolute atomic E-state index is 0.0797.